The number of hydrazine groups is 1. The molecule has 0 saturated carbocycles. The molecule has 0 radical (unpaired) electrons. The molecule has 1 fully saturated rings. The van der Waals surface area contributed by atoms with E-state index in [0.717, 1.165) is 37.1 Å². The Kier molecular flexibility index (Phi) is 6.09. The molecule has 2 N–H and O–H groups in total. The van der Waals surface area contributed by atoms with E-state index in [-0.39, 0.29) is 0 Å². The minimum Gasteiger partial charge on any atom is -0.322 e. The van der Waals surface area contributed by atoms with Gasteiger partial charge in [-0.25, -0.2) is 9.78 Å². The smallest absolute Gasteiger partial charge is 0.322 e. The summed E-state index contributed by atoms with van der Waals surface area (Å²) in [4.78, 5) is 42.8. The van der Waals surface area contributed by atoms with Crippen molar-refractivity contribution in [3.05, 3.63) is 23.0 Å². The molecule has 0 aromatic carbocycles. The SMILES string of the molecule is CCCCCCC[C@]1(C)NC(=O)N(NC(=O)c2cc(C)nc3c2c(C)nn3C)C1=O. The fraction of sp³-hybridized carbons (Fsp3) is 0.571. The van der Waals surface area contributed by atoms with Crippen molar-refractivity contribution in [2.24, 2.45) is 7.05 Å². The molecule has 2 aromatic heterocycles. The van der Waals surface area contributed by atoms with E-state index in [9.17, 15) is 14.4 Å². The number of carbonyl (C=O) groups excluding carboxylic acids is 3. The molecule has 9 heteroatoms. The second-order valence-electron chi connectivity index (χ2n) is 8.23. The van der Waals surface area contributed by atoms with Crippen molar-refractivity contribution in [3.8, 4) is 0 Å². The first kappa shape index (κ1) is 21.7. The lowest BCUT2D eigenvalue weighted by molar-refractivity contribution is -0.132. The Morgan fingerprint density at radius 3 is 2.60 bits per heavy atom. The van der Waals surface area contributed by atoms with Crippen molar-refractivity contribution in [1.82, 2.24) is 30.5 Å². The second kappa shape index (κ2) is 8.41. The summed E-state index contributed by atoms with van der Waals surface area (Å²) in [5.74, 6) is -0.987. The molecular weight excluding hydrogens is 384 g/mol. The van der Waals surface area contributed by atoms with Gasteiger partial charge in [0.2, 0.25) is 0 Å². The van der Waals surface area contributed by atoms with Gasteiger partial charge < -0.3 is 5.32 Å². The summed E-state index contributed by atoms with van der Waals surface area (Å²) in [5, 5.41) is 8.46. The summed E-state index contributed by atoms with van der Waals surface area (Å²) in [6.45, 7) is 7.42. The van der Waals surface area contributed by atoms with Crippen LogP contribution in [-0.4, -0.2) is 43.2 Å². The van der Waals surface area contributed by atoms with E-state index in [1.807, 2.05) is 0 Å². The Labute approximate surface area is 176 Å². The lowest BCUT2D eigenvalue weighted by Gasteiger charge is -2.21. The third-order valence-corrected chi connectivity index (χ3v) is 5.60. The third kappa shape index (κ3) is 4.01. The number of hydrogen-bond donors (Lipinski definition) is 2. The topological polar surface area (TPSA) is 109 Å². The quantitative estimate of drug-likeness (QED) is 0.510. The maximum Gasteiger partial charge on any atom is 0.344 e. The molecule has 0 aliphatic carbocycles. The Morgan fingerprint density at radius 2 is 1.90 bits per heavy atom. The van der Waals surface area contributed by atoms with Crippen LogP contribution in [0.4, 0.5) is 4.79 Å². The first-order chi connectivity index (χ1) is 14.2. The molecule has 1 aliphatic heterocycles. The van der Waals surface area contributed by atoms with E-state index in [4.69, 9.17) is 0 Å². The number of imide groups is 1. The van der Waals surface area contributed by atoms with Gasteiger partial charge in [-0.2, -0.15) is 10.1 Å². The zero-order valence-corrected chi connectivity index (χ0v) is 18.3. The number of unbranched alkanes of at least 4 members (excludes halogenated alkanes) is 4. The second-order valence-corrected chi connectivity index (χ2v) is 8.23. The van der Waals surface area contributed by atoms with Crippen LogP contribution in [0, 0.1) is 13.8 Å². The number of nitrogens with zero attached hydrogens (tertiary/aromatic N) is 4. The molecule has 0 unspecified atom stereocenters. The molecule has 9 nitrogen and oxygen atoms in total. The highest BCUT2D eigenvalue weighted by Crippen LogP contribution is 2.25. The summed E-state index contributed by atoms with van der Waals surface area (Å²) in [5.41, 5.74) is 3.68. The van der Waals surface area contributed by atoms with Crippen LogP contribution >= 0.6 is 0 Å². The molecule has 0 bridgehead atoms. The zero-order chi connectivity index (χ0) is 22.1. The van der Waals surface area contributed by atoms with Crippen LogP contribution in [0.5, 0.6) is 0 Å². The number of urea groups is 1. The van der Waals surface area contributed by atoms with Gasteiger partial charge in [-0.1, -0.05) is 39.0 Å². The largest absolute Gasteiger partial charge is 0.344 e. The molecule has 1 saturated heterocycles. The van der Waals surface area contributed by atoms with E-state index >= 15 is 0 Å². The highest BCUT2D eigenvalue weighted by atomic mass is 16.2. The van der Waals surface area contributed by atoms with Gasteiger partial charge in [-0.15, -0.1) is 0 Å². The van der Waals surface area contributed by atoms with Crippen LogP contribution in [0.1, 0.15) is 74.1 Å². The number of nitrogens with one attached hydrogen (secondary N) is 2. The molecule has 3 rings (SSSR count). The van der Waals surface area contributed by atoms with Crippen molar-refractivity contribution in [3.63, 3.8) is 0 Å². The Hall–Kier alpha value is -2.97. The highest BCUT2D eigenvalue weighted by molar-refractivity contribution is 6.11. The molecule has 3 heterocycles. The number of hydrogen-bond acceptors (Lipinski definition) is 5. The monoisotopic (exact) mass is 414 g/mol. The third-order valence-electron chi connectivity index (χ3n) is 5.60. The minimum atomic E-state index is -1.01. The molecule has 4 amide bonds. The van der Waals surface area contributed by atoms with E-state index in [0.29, 0.717) is 34.4 Å². The van der Waals surface area contributed by atoms with Gasteiger partial charge in [0.25, 0.3) is 11.8 Å². The van der Waals surface area contributed by atoms with E-state index in [1.165, 1.54) is 0 Å². The molecule has 1 atom stereocenters. The molecule has 30 heavy (non-hydrogen) atoms. The highest BCUT2D eigenvalue weighted by Gasteiger charge is 2.48. The maximum atomic E-state index is 13.0. The van der Waals surface area contributed by atoms with Crippen LogP contribution in [0.3, 0.4) is 0 Å². The van der Waals surface area contributed by atoms with Crippen LogP contribution < -0.4 is 10.7 Å². The van der Waals surface area contributed by atoms with Crippen LogP contribution in [0.25, 0.3) is 11.0 Å². The number of rotatable bonds is 8. The van der Waals surface area contributed by atoms with Gasteiger partial charge in [0.05, 0.1) is 16.6 Å². The molecular formula is C21H30N6O3. The van der Waals surface area contributed by atoms with E-state index < -0.39 is 23.4 Å². The number of carbonyl (C=O) groups is 3. The maximum absolute atomic E-state index is 13.0. The summed E-state index contributed by atoms with van der Waals surface area (Å²) in [6.07, 6.45) is 5.79. The zero-order valence-electron chi connectivity index (χ0n) is 18.3. The fourth-order valence-corrected chi connectivity index (χ4v) is 3.95. The van der Waals surface area contributed by atoms with Crippen LogP contribution in [0.15, 0.2) is 6.07 Å². The summed E-state index contributed by atoms with van der Waals surface area (Å²) >= 11 is 0. The first-order valence-corrected chi connectivity index (χ1v) is 10.5. The van der Waals surface area contributed by atoms with Gasteiger partial charge in [0.15, 0.2) is 5.65 Å². The fourth-order valence-electron chi connectivity index (χ4n) is 3.95. The lowest BCUT2D eigenvalue weighted by Crippen LogP contribution is -2.48. The van der Waals surface area contributed by atoms with Crippen LogP contribution in [-0.2, 0) is 11.8 Å². The first-order valence-electron chi connectivity index (χ1n) is 10.5. The predicted octanol–water partition coefficient (Wildman–Crippen LogP) is 2.90. The normalized spacial score (nSPS) is 18.9. The van der Waals surface area contributed by atoms with Gasteiger partial charge >= 0.3 is 6.03 Å². The van der Waals surface area contributed by atoms with Crippen molar-refractivity contribution in [2.75, 3.05) is 0 Å². The predicted molar refractivity (Wildman–Crippen MR) is 113 cm³/mol. The van der Waals surface area contributed by atoms with Crippen molar-refractivity contribution < 1.29 is 14.4 Å². The Morgan fingerprint density at radius 1 is 1.20 bits per heavy atom. The minimum absolute atomic E-state index is 0.330. The number of aromatic nitrogens is 3. The van der Waals surface area contributed by atoms with Crippen molar-refractivity contribution in [2.45, 2.75) is 71.8 Å². The van der Waals surface area contributed by atoms with E-state index in [1.54, 1.807) is 38.6 Å². The van der Waals surface area contributed by atoms with Gasteiger partial charge in [0.1, 0.15) is 5.54 Å². The van der Waals surface area contributed by atoms with Crippen molar-refractivity contribution >= 4 is 28.9 Å². The van der Waals surface area contributed by atoms with E-state index in [2.05, 4.69) is 27.7 Å². The van der Waals surface area contributed by atoms with Gasteiger partial charge in [-0.05, 0) is 33.3 Å². The standard InChI is InChI=1S/C21H30N6O3/c1-6-7-8-9-10-11-21(4)19(29)27(20(30)23-21)25-18(28)15-12-13(2)22-17-16(15)14(3)24-26(17)5/h12H,6-11H2,1-5H3,(H,23,30)(H,25,28)/t21-/m0/s1. The number of aryl methyl sites for hydroxylation is 3. The van der Waals surface area contributed by atoms with Gasteiger partial charge in [-0.3, -0.25) is 19.7 Å². The molecule has 0 spiro atoms. The average Bonchev–Trinajstić information content (AvgIpc) is 3.08. The average molecular weight is 415 g/mol. The number of amides is 4. The molecule has 1 aliphatic rings. The van der Waals surface area contributed by atoms with Crippen LogP contribution in [0.2, 0.25) is 0 Å². The Balaban J connectivity index is 1.77. The summed E-state index contributed by atoms with van der Waals surface area (Å²) < 4.78 is 1.61. The molecule has 2 aromatic rings. The number of fused-ring (bicyclic) bond motifs is 1. The summed E-state index contributed by atoms with van der Waals surface area (Å²) in [7, 11) is 1.76. The Bertz CT molecular complexity index is 998. The van der Waals surface area contributed by atoms with Gasteiger partial charge in [0, 0.05) is 12.7 Å². The lowest BCUT2D eigenvalue weighted by atomic mass is 9.94. The van der Waals surface area contributed by atoms with Crippen molar-refractivity contribution in [1.29, 1.82) is 0 Å². The number of pyridine rings is 1. The molecule has 162 valence electrons. The summed E-state index contributed by atoms with van der Waals surface area (Å²) in [6, 6.07) is 1.02.